The third-order valence-electron chi connectivity index (χ3n) is 7.55. The van der Waals surface area contributed by atoms with Gasteiger partial charge in [0.2, 0.25) is 0 Å². The highest BCUT2D eigenvalue weighted by molar-refractivity contribution is 7.86. The topological polar surface area (TPSA) is 86.7 Å². The molecule has 0 N–H and O–H groups in total. The molecule has 0 spiro atoms. The van der Waals surface area contributed by atoms with Crippen molar-refractivity contribution >= 4 is 32.5 Å². The Morgan fingerprint density at radius 3 is 2.45 bits per heavy atom. The third-order valence-corrected chi connectivity index (χ3v) is 8.98. The number of methoxy groups -OCH3 is 1. The van der Waals surface area contributed by atoms with E-state index in [0.717, 1.165) is 17.2 Å². The van der Waals surface area contributed by atoms with Crippen molar-refractivity contribution in [2.45, 2.75) is 46.1 Å². The van der Waals surface area contributed by atoms with Gasteiger partial charge in [-0.1, -0.05) is 32.0 Å². The molecular formula is C24H28O6S. The number of Topliss-reactive ketones (excluding diaryl/α,β-unsaturated/α-hetero) is 2. The van der Waals surface area contributed by atoms with Crippen molar-refractivity contribution in [1.82, 2.24) is 0 Å². The molecule has 0 aromatic heterocycles. The van der Waals surface area contributed by atoms with E-state index in [-0.39, 0.29) is 22.9 Å². The standard InChI is InChI=1S/C24H28O6S/c1-15(22(26)18-6-5-17-12-20(29-4)8-7-16(17)11-18)30-31(27,28)14-24-10-9-19(13-21(24)25)23(24,2)3/h5-8,11-12,15,19H,9-10,13-14H2,1-4H3/t15-,19?,24?/m0/s1. The molecule has 6 nitrogen and oxygen atoms in total. The number of rotatable bonds is 7. The van der Waals surface area contributed by atoms with Crippen molar-refractivity contribution in [3.63, 3.8) is 0 Å². The van der Waals surface area contributed by atoms with Gasteiger partial charge in [0.1, 0.15) is 17.6 Å². The Morgan fingerprint density at radius 1 is 1.16 bits per heavy atom. The van der Waals surface area contributed by atoms with E-state index < -0.39 is 27.4 Å². The quantitative estimate of drug-likeness (QED) is 0.471. The van der Waals surface area contributed by atoms with E-state index in [9.17, 15) is 18.0 Å². The van der Waals surface area contributed by atoms with Gasteiger partial charge in [-0.2, -0.15) is 8.42 Å². The number of benzene rings is 2. The van der Waals surface area contributed by atoms with Gasteiger partial charge in [-0.3, -0.25) is 13.8 Å². The Hall–Kier alpha value is -2.25. The van der Waals surface area contributed by atoms with Crippen LogP contribution in [0.15, 0.2) is 36.4 Å². The first-order valence-electron chi connectivity index (χ1n) is 10.6. The van der Waals surface area contributed by atoms with Crippen molar-refractivity contribution < 1.29 is 26.9 Å². The summed E-state index contributed by atoms with van der Waals surface area (Å²) < 4.78 is 36.3. The summed E-state index contributed by atoms with van der Waals surface area (Å²) in [6.07, 6.45) is 0.667. The summed E-state index contributed by atoms with van der Waals surface area (Å²) in [5.41, 5.74) is -0.925. The Kier molecular flexibility index (Phi) is 5.25. The van der Waals surface area contributed by atoms with E-state index >= 15 is 0 Å². The first-order valence-corrected chi connectivity index (χ1v) is 12.1. The average molecular weight is 445 g/mol. The van der Waals surface area contributed by atoms with Crippen LogP contribution >= 0.6 is 0 Å². The average Bonchev–Trinajstić information content (AvgIpc) is 3.05. The monoisotopic (exact) mass is 444 g/mol. The molecular weight excluding hydrogens is 416 g/mol. The second kappa shape index (κ2) is 7.41. The van der Waals surface area contributed by atoms with Crippen LogP contribution in [0.4, 0.5) is 0 Å². The Labute approximate surface area is 183 Å². The fourth-order valence-electron chi connectivity index (χ4n) is 5.45. The summed E-state index contributed by atoms with van der Waals surface area (Å²) in [5, 5.41) is 1.75. The van der Waals surface area contributed by atoms with Gasteiger partial charge in [0.15, 0.2) is 5.78 Å². The molecule has 2 aliphatic rings. The summed E-state index contributed by atoms with van der Waals surface area (Å²) in [6.45, 7) is 5.39. The lowest BCUT2D eigenvalue weighted by Crippen LogP contribution is -2.43. The predicted octanol–water partition coefficient (Wildman–Crippen LogP) is 4.16. The maximum Gasteiger partial charge on any atom is 0.269 e. The van der Waals surface area contributed by atoms with E-state index in [1.165, 1.54) is 6.92 Å². The SMILES string of the molecule is COc1ccc2cc(C(=O)[C@H](C)OS(=O)(=O)CC34CCC(CC3=O)C4(C)C)ccc2c1. The summed E-state index contributed by atoms with van der Waals surface area (Å²) >= 11 is 0. The zero-order valence-corrected chi connectivity index (χ0v) is 19.1. The molecule has 0 saturated heterocycles. The lowest BCUT2D eigenvalue weighted by Gasteiger charge is -2.36. The van der Waals surface area contributed by atoms with Crippen LogP contribution in [-0.2, 0) is 19.1 Å². The molecule has 3 atom stereocenters. The number of hydrogen-bond donors (Lipinski definition) is 0. The number of carbonyl (C=O) groups is 2. The largest absolute Gasteiger partial charge is 0.497 e. The lowest BCUT2D eigenvalue weighted by molar-refractivity contribution is -0.128. The van der Waals surface area contributed by atoms with Crippen molar-refractivity contribution in [1.29, 1.82) is 0 Å². The van der Waals surface area contributed by atoms with E-state index in [0.29, 0.717) is 24.2 Å². The predicted molar refractivity (Wildman–Crippen MR) is 118 cm³/mol. The van der Waals surface area contributed by atoms with Crippen LogP contribution in [0.25, 0.3) is 10.8 Å². The normalized spacial score (nSPS) is 25.7. The Bertz CT molecular complexity index is 1170. The van der Waals surface area contributed by atoms with Crippen LogP contribution in [0.2, 0.25) is 0 Å². The highest BCUT2D eigenvalue weighted by Crippen LogP contribution is 2.64. The van der Waals surface area contributed by atoms with E-state index in [1.807, 2.05) is 26.0 Å². The minimum atomic E-state index is -4.07. The van der Waals surface area contributed by atoms with Gasteiger partial charge in [-0.05, 0) is 60.1 Å². The molecule has 2 fully saturated rings. The van der Waals surface area contributed by atoms with Gasteiger partial charge in [0, 0.05) is 12.0 Å². The summed E-state index contributed by atoms with van der Waals surface area (Å²) in [6, 6.07) is 10.7. The van der Waals surface area contributed by atoms with Gasteiger partial charge in [0.05, 0.1) is 18.3 Å². The molecule has 2 aromatic carbocycles. The zero-order valence-electron chi connectivity index (χ0n) is 18.3. The molecule has 0 aliphatic heterocycles. The third kappa shape index (κ3) is 3.57. The molecule has 2 saturated carbocycles. The van der Waals surface area contributed by atoms with Crippen LogP contribution in [0.1, 0.15) is 50.4 Å². The number of fused-ring (bicyclic) bond motifs is 3. The van der Waals surface area contributed by atoms with Crippen molar-refractivity contribution in [2.75, 3.05) is 12.9 Å². The molecule has 0 radical (unpaired) electrons. The Balaban J connectivity index is 1.52. The molecule has 166 valence electrons. The van der Waals surface area contributed by atoms with Crippen LogP contribution in [-0.4, -0.2) is 39.0 Å². The first-order chi connectivity index (χ1) is 14.5. The molecule has 2 aromatic rings. The van der Waals surface area contributed by atoms with Crippen LogP contribution in [0, 0.1) is 16.7 Å². The zero-order chi connectivity index (χ0) is 22.6. The van der Waals surface area contributed by atoms with Gasteiger partial charge in [-0.15, -0.1) is 0 Å². The lowest BCUT2D eigenvalue weighted by atomic mass is 9.70. The summed E-state index contributed by atoms with van der Waals surface area (Å²) in [7, 11) is -2.49. The molecule has 0 amide bonds. The fraction of sp³-hybridized carbons (Fsp3) is 0.500. The highest BCUT2D eigenvalue weighted by Gasteiger charge is 2.65. The van der Waals surface area contributed by atoms with Crippen molar-refractivity contribution in [3.05, 3.63) is 42.0 Å². The first kappa shape index (κ1) is 22.0. The summed E-state index contributed by atoms with van der Waals surface area (Å²) in [5.74, 6) is 0.153. The maximum absolute atomic E-state index is 12.9. The van der Waals surface area contributed by atoms with Crippen molar-refractivity contribution in [3.8, 4) is 5.75 Å². The second-order valence-corrected chi connectivity index (χ2v) is 11.0. The van der Waals surface area contributed by atoms with Gasteiger partial charge < -0.3 is 4.74 Å². The smallest absolute Gasteiger partial charge is 0.269 e. The highest BCUT2D eigenvalue weighted by atomic mass is 32.2. The van der Waals surface area contributed by atoms with E-state index in [1.54, 1.807) is 31.4 Å². The van der Waals surface area contributed by atoms with Crippen LogP contribution < -0.4 is 4.74 Å². The van der Waals surface area contributed by atoms with Crippen molar-refractivity contribution in [2.24, 2.45) is 16.7 Å². The summed E-state index contributed by atoms with van der Waals surface area (Å²) in [4.78, 5) is 25.6. The molecule has 2 bridgehead atoms. The number of carbonyl (C=O) groups excluding carboxylic acids is 2. The molecule has 4 rings (SSSR count). The van der Waals surface area contributed by atoms with E-state index in [4.69, 9.17) is 8.92 Å². The van der Waals surface area contributed by atoms with E-state index in [2.05, 4.69) is 0 Å². The minimum absolute atomic E-state index is 0.00450. The molecule has 7 heteroatoms. The number of ether oxygens (including phenoxy) is 1. The number of ketones is 2. The van der Waals surface area contributed by atoms with Crippen LogP contribution in [0.5, 0.6) is 5.75 Å². The molecule has 0 heterocycles. The van der Waals surface area contributed by atoms with Crippen LogP contribution in [0.3, 0.4) is 0 Å². The Morgan fingerprint density at radius 2 is 1.84 bits per heavy atom. The van der Waals surface area contributed by atoms with Gasteiger partial charge >= 0.3 is 0 Å². The fourth-order valence-corrected chi connectivity index (χ4v) is 7.32. The second-order valence-electron chi connectivity index (χ2n) is 9.40. The molecule has 2 unspecified atom stereocenters. The maximum atomic E-state index is 12.9. The molecule has 31 heavy (non-hydrogen) atoms. The van der Waals surface area contributed by atoms with Gasteiger partial charge in [-0.25, -0.2) is 0 Å². The number of hydrogen-bond acceptors (Lipinski definition) is 6. The molecule has 2 aliphatic carbocycles. The van der Waals surface area contributed by atoms with Gasteiger partial charge in [0.25, 0.3) is 10.1 Å². The minimum Gasteiger partial charge on any atom is -0.497 e.